The van der Waals surface area contributed by atoms with E-state index >= 15 is 0 Å². The zero-order valence-electron chi connectivity index (χ0n) is 20.2. The summed E-state index contributed by atoms with van der Waals surface area (Å²) in [4.78, 5) is 0. The van der Waals surface area contributed by atoms with Crippen molar-refractivity contribution in [1.82, 2.24) is 5.23 Å². The summed E-state index contributed by atoms with van der Waals surface area (Å²) in [7, 11) is 0. The largest absolute Gasteiger partial charge is 0.762 e. The molecule has 4 rings (SSSR count). The van der Waals surface area contributed by atoms with E-state index in [0.29, 0.717) is 32.3 Å². The fourth-order valence-corrected chi connectivity index (χ4v) is 4.76. The van der Waals surface area contributed by atoms with Crippen molar-refractivity contribution in [2.24, 2.45) is 11.8 Å². The summed E-state index contributed by atoms with van der Waals surface area (Å²) in [6, 6.07) is 12.4. The predicted molar refractivity (Wildman–Crippen MR) is 132 cm³/mol. The van der Waals surface area contributed by atoms with Crippen molar-refractivity contribution in [2.45, 2.75) is 46.3 Å². The van der Waals surface area contributed by atoms with Crippen molar-refractivity contribution in [2.75, 3.05) is 19.8 Å². The maximum atomic E-state index is 11.0. The first-order valence-corrected chi connectivity index (χ1v) is 12.0. The van der Waals surface area contributed by atoms with Gasteiger partial charge in [0.25, 0.3) is 0 Å². The Bertz CT molecular complexity index is 1020. The van der Waals surface area contributed by atoms with E-state index in [-0.39, 0.29) is 17.2 Å². The molecule has 0 amide bonds. The Labute approximate surface area is 202 Å². The fraction of sp³-hybridized carbons (Fsp3) is 0.429. The quantitative estimate of drug-likeness (QED) is 0.328. The van der Waals surface area contributed by atoms with Crippen LogP contribution in [0, 0.1) is 30.9 Å². The second kappa shape index (κ2) is 11.2. The van der Waals surface area contributed by atoms with Crippen LogP contribution in [-0.2, 0) is 16.1 Å². The van der Waals surface area contributed by atoms with Crippen molar-refractivity contribution < 1.29 is 19.4 Å². The predicted octanol–water partition coefficient (Wildman–Crippen LogP) is 5.94. The molecule has 2 aromatic carbocycles. The number of nitrogens with zero attached hydrogens (tertiary/aromatic N) is 1. The lowest BCUT2D eigenvalue weighted by Gasteiger charge is -2.22. The third-order valence-electron chi connectivity index (χ3n) is 6.57. The van der Waals surface area contributed by atoms with Gasteiger partial charge >= 0.3 is 0 Å². The summed E-state index contributed by atoms with van der Waals surface area (Å²) in [6.07, 6.45) is 7.75. The van der Waals surface area contributed by atoms with Crippen LogP contribution in [0.15, 0.2) is 60.4 Å². The highest BCUT2D eigenvalue weighted by Gasteiger charge is 2.42. The van der Waals surface area contributed by atoms with Crippen LogP contribution < -0.4 is 4.74 Å². The Morgan fingerprint density at radius 2 is 1.88 bits per heavy atom. The lowest BCUT2D eigenvalue weighted by Crippen LogP contribution is -2.18. The molecule has 1 saturated carbocycles. The van der Waals surface area contributed by atoms with Crippen molar-refractivity contribution >= 4 is 0 Å². The van der Waals surface area contributed by atoms with Gasteiger partial charge in [0, 0.05) is 12.6 Å². The lowest BCUT2D eigenvalue weighted by atomic mass is 9.94. The molecule has 182 valence electrons. The van der Waals surface area contributed by atoms with E-state index in [1.54, 1.807) is 0 Å². The maximum Gasteiger partial charge on any atom is 0.119 e. The van der Waals surface area contributed by atoms with Gasteiger partial charge in [0.2, 0.25) is 0 Å². The van der Waals surface area contributed by atoms with Gasteiger partial charge in [-0.25, -0.2) is 0 Å². The SMILES string of the molecule is CCOCCOc1cc(C)c(-c2cccc(COC3=CCC(C4C[C@H]4N([O-])O)C=C3)c2)c(C)c1. The molecule has 2 aliphatic carbocycles. The van der Waals surface area contributed by atoms with E-state index in [1.165, 1.54) is 16.7 Å². The van der Waals surface area contributed by atoms with Crippen LogP contribution in [0.2, 0.25) is 0 Å². The van der Waals surface area contributed by atoms with E-state index in [1.807, 2.05) is 13.0 Å². The van der Waals surface area contributed by atoms with E-state index in [4.69, 9.17) is 19.4 Å². The van der Waals surface area contributed by atoms with E-state index in [9.17, 15) is 5.21 Å². The van der Waals surface area contributed by atoms with Gasteiger partial charge in [0.1, 0.15) is 24.7 Å². The van der Waals surface area contributed by atoms with Crippen LogP contribution in [0.3, 0.4) is 0 Å². The van der Waals surface area contributed by atoms with Crippen molar-refractivity contribution in [1.29, 1.82) is 0 Å². The molecule has 6 heteroatoms. The van der Waals surface area contributed by atoms with Gasteiger partial charge in [-0.05, 0) is 104 Å². The van der Waals surface area contributed by atoms with Crippen LogP contribution >= 0.6 is 0 Å². The number of rotatable bonds is 11. The van der Waals surface area contributed by atoms with Crippen molar-refractivity contribution in [3.05, 3.63) is 82.3 Å². The zero-order chi connectivity index (χ0) is 24.1. The molecule has 34 heavy (non-hydrogen) atoms. The summed E-state index contributed by atoms with van der Waals surface area (Å²) in [5.41, 5.74) is 5.83. The topological polar surface area (TPSA) is 74.2 Å². The van der Waals surface area contributed by atoms with Gasteiger partial charge in [-0.3, -0.25) is 5.23 Å². The van der Waals surface area contributed by atoms with Crippen LogP contribution in [0.1, 0.15) is 36.5 Å². The highest BCUT2D eigenvalue weighted by Crippen LogP contribution is 2.44. The van der Waals surface area contributed by atoms with E-state index in [2.05, 4.69) is 62.4 Å². The first kappa shape index (κ1) is 24.5. The Morgan fingerprint density at radius 1 is 1.09 bits per heavy atom. The zero-order valence-corrected chi connectivity index (χ0v) is 20.2. The molecule has 0 aromatic heterocycles. The van der Waals surface area contributed by atoms with Gasteiger partial charge in [0.15, 0.2) is 0 Å². The first-order valence-electron chi connectivity index (χ1n) is 12.0. The molecule has 1 N–H and O–H groups in total. The number of hydrogen-bond donors (Lipinski definition) is 1. The van der Waals surface area contributed by atoms with Crippen LogP contribution in [0.25, 0.3) is 11.1 Å². The molecule has 0 radical (unpaired) electrons. The molecular formula is C28H34NO5-. The fourth-order valence-electron chi connectivity index (χ4n) is 4.76. The molecule has 2 aromatic rings. The molecule has 2 aliphatic rings. The highest BCUT2D eigenvalue weighted by atomic mass is 16.8. The molecule has 0 heterocycles. The number of hydroxylamine groups is 2. The second-order valence-electron chi connectivity index (χ2n) is 9.10. The normalized spacial score (nSPS) is 21.5. The third-order valence-corrected chi connectivity index (χ3v) is 6.57. The molecule has 0 bridgehead atoms. The number of hydrogen-bond acceptors (Lipinski definition) is 6. The molecule has 0 aliphatic heterocycles. The van der Waals surface area contributed by atoms with Crippen LogP contribution in [0.5, 0.6) is 5.75 Å². The van der Waals surface area contributed by atoms with Gasteiger partial charge in [-0.2, -0.15) is 0 Å². The Morgan fingerprint density at radius 3 is 2.53 bits per heavy atom. The Hall–Kier alpha value is -2.64. The Kier molecular flexibility index (Phi) is 8.06. The molecule has 1 fully saturated rings. The Balaban J connectivity index is 1.35. The van der Waals surface area contributed by atoms with Gasteiger partial charge < -0.3 is 24.6 Å². The first-order chi connectivity index (χ1) is 16.5. The maximum absolute atomic E-state index is 11.0. The molecule has 2 unspecified atom stereocenters. The summed E-state index contributed by atoms with van der Waals surface area (Å²) in [5.74, 6) is 2.25. The molecular weight excluding hydrogens is 430 g/mol. The standard InChI is InChI=1S/C28H34NO5/c1-4-32-12-13-33-25-14-19(2)28(20(3)15-25)23-7-5-6-21(16-23)18-34-24-10-8-22(9-11-24)26-17-27(26)29(30)31/h5-8,10-11,14-16,22,26-27,30H,4,9,12-13,17-18H2,1-3H3/q-1/t22?,26?,27-/m1/s1. The number of ether oxygens (including phenoxy) is 3. The second-order valence-corrected chi connectivity index (χ2v) is 9.10. The monoisotopic (exact) mass is 464 g/mol. The molecule has 6 nitrogen and oxygen atoms in total. The van der Waals surface area contributed by atoms with E-state index < -0.39 is 0 Å². The summed E-state index contributed by atoms with van der Waals surface area (Å²) in [6.45, 7) is 8.53. The third kappa shape index (κ3) is 6.07. The minimum Gasteiger partial charge on any atom is -0.762 e. The molecule has 0 spiro atoms. The molecule has 0 saturated heterocycles. The lowest BCUT2D eigenvalue weighted by molar-refractivity contribution is -0.0546. The average molecular weight is 465 g/mol. The van der Waals surface area contributed by atoms with Crippen molar-refractivity contribution in [3.8, 4) is 16.9 Å². The van der Waals surface area contributed by atoms with Crippen molar-refractivity contribution in [3.63, 3.8) is 0 Å². The summed E-state index contributed by atoms with van der Waals surface area (Å²) in [5, 5.41) is 20.2. The van der Waals surface area contributed by atoms with Crippen LogP contribution in [-0.4, -0.2) is 36.3 Å². The summed E-state index contributed by atoms with van der Waals surface area (Å²) < 4.78 is 17.2. The minimum absolute atomic E-state index is 0.105. The number of allylic oxidation sites excluding steroid dienone is 3. The highest BCUT2D eigenvalue weighted by molar-refractivity contribution is 5.72. The summed E-state index contributed by atoms with van der Waals surface area (Å²) >= 11 is 0. The van der Waals surface area contributed by atoms with Crippen LogP contribution in [0.4, 0.5) is 0 Å². The number of aryl methyl sites for hydroxylation is 2. The molecule has 3 atom stereocenters. The van der Waals surface area contributed by atoms with Gasteiger partial charge in [-0.1, -0.05) is 24.3 Å². The number of benzene rings is 2. The van der Waals surface area contributed by atoms with Gasteiger partial charge in [-0.15, -0.1) is 0 Å². The average Bonchev–Trinajstić information content (AvgIpc) is 3.62. The van der Waals surface area contributed by atoms with E-state index in [0.717, 1.165) is 35.5 Å². The minimum atomic E-state index is -0.254. The van der Waals surface area contributed by atoms with Gasteiger partial charge in [0.05, 0.1) is 6.61 Å². The smallest absolute Gasteiger partial charge is 0.119 e.